The lowest BCUT2D eigenvalue weighted by atomic mass is 9.99. The van der Waals surface area contributed by atoms with E-state index in [4.69, 9.17) is 0 Å². The van der Waals surface area contributed by atoms with Crippen molar-refractivity contribution in [3.8, 4) is 0 Å². The summed E-state index contributed by atoms with van der Waals surface area (Å²) in [6.45, 7) is 2.37. The lowest BCUT2D eigenvalue weighted by Crippen LogP contribution is -2.36. The number of hydrogen-bond acceptors (Lipinski definition) is 5. The van der Waals surface area contributed by atoms with E-state index in [2.05, 4.69) is 20.0 Å². The maximum absolute atomic E-state index is 11.8. The SMILES string of the molecule is O=S(=O)(NCC1CCNCC1)c1ncccn1. The predicted molar refractivity (Wildman–Crippen MR) is 62.8 cm³/mol. The van der Waals surface area contributed by atoms with Crippen LogP contribution in [0.3, 0.4) is 0 Å². The number of sulfonamides is 1. The molecule has 94 valence electrons. The molecule has 0 amide bonds. The van der Waals surface area contributed by atoms with E-state index in [0.29, 0.717) is 12.5 Å². The summed E-state index contributed by atoms with van der Waals surface area (Å²) in [6.07, 6.45) is 4.84. The molecule has 1 aliphatic heterocycles. The van der Waals surface area contributed by atoms with Gasteiger partial charge in [-0.3, -0.25) is 0 Å². The van der Waals surface area contributed by atoms with E-state index in [1.54, 1.807) is 6.07 Å². The number of nitrogens with one attached hydrogen (secondary N) is 2. The molecule has 0 saturated carbocycles. The van der Waals surface area contributed by atoms with Crippen molar-refractivity contribution >= 4 is 10.0 Å². The van der Waals surface area contributed by atoms with Crippen LogP contribution in [0.1, 0.15) is 12.8 Å². The normalized spacial score (nSPS) is 18.1. The Bertz CT molecular complexity index is 443. The van der Waals surface area contributed by atoms with E-state index in [-0.39, 0.29) is 5.16 Å². The third-order valence-electron chi connectivity index (χ3n) is 2.80. The average molecular weight is 256 g/mol. The van der Waals surface area contributed by atoms with Crippen LogP contribution in [0.25, 0.3) is 0 Å². The Morgan fingerprint density at radius 2 is 1.94 bits per heavy atom. The molecule has 1 saturated heterocycles. The zero-order valence-electron chi connectivity index (χ0n) is 9.46. The number of piperidine rings is 1. The molecule has 17 heavy (non-hydrogen) atoms. The van der Waals surface area contributed by atoms with Crippen LogP contribution in [0.4, 0.5) is 0 Å². The second kappa shape index (κ2) is 5.52. The standard InChI is InChI=1S/C10H16N4O2S/c15-17(16,10-12-4-1-5-13-10)14-8-9-2-6-11-7-3-9/h1,4-5,9,11,14H,2-3,6-8H2. The lowest BCUT2D eigenvalue weighted by Gasteiger charge is -2.22. The molecule has 0 radical (unpaired) electrons. The minimum atomic E-state index is -3.55. The Balaban J connectivity index is 1.94. The third-order valence-corrected chi connectivity index (χ3v) is 4.04. The lowest BCUT2D eigenvalue weighted by molar-refractivity contribution is 0.372. The van der Waals surface area contributed by atoms with E-state index in [9.17, 15) is 8.42 Å². The first-order chi connectivity index (χ1) is 8.18. The Morgan fingerprint density at radius 1 is 1.29 bits per heavy atom. The molecule has 1 fully saturated rings. The van der Waals surface area contributed by atoms with Gasteiger partial charge in [-0.2, -0.15) is 0 Å². The molecule has 0 bridgehead atoms. The fourth-order valence-corrected chi connectivity index (χ4v) is 2.79. The molecule has 0 aromatic carbocycles. The van der Waals surface area contributed by atoms with Crippen LogP contribution in [0.5, 0.6) is 0 Å². The maximum atomic E-state index is 11.8. The zero-order valence-corrected chi connectivity index (χ0v) is 10.3. The van der Waals surface area contributed by atoms with Gasteiger partial charge in [-0.15, -0.1) is 0 Å². The number of nitrogens with zero attached hydrogens (tertiary/aromatic N) is 2. The molecule has 2 heterocycles. The van der Waals surface area contributed by atoms with Crippen LogP contribution in [-0.4, -0.2) is 38.0 Å². The quantitative estimate of drug-likeness (QED) is 0.726. The maximum Gasteiger partial charge on any atom is 0.276 e. The fourth-order valence-electron chi connectivity index (χ4n) is 1.80. The van der Waals surface area contributed by atoms with Crippen LogP contribution in [-0.2, 0) is 10.0 Å². The van der Waals surface area contributed by atoms with Gasteiger partial charge in [0.15, 0.2) is 0 Å². The highest BCUT2D eigenvalue weighted by Gasteiger charge is 2.20. The molecule has 1 aromatic heterocycles. The number of hydrogen-bond donors (Lipinski definition) is 2. The zero-order chi connectivity index (χ0) is 12.1. The van der Waals surface area contributed by atoms with Crippen LogP contribution >= 0.6 is 0 Å². The van der Waals surface area contributed by atoms with Gasteiger partial charge >= 0.3 is 0 Å². The van der Waals surface area contributed by atoms with E-state index in [0.717, 1.165) is 25.9 Å². The highest BCUT2D eigenvalue weighted by atomic mass is 32.2. The van der Waals surface area contributed by atoms with Crippen LogP contribution in [0.2, 0.25) is 0 Å². The summed E-state index contributed by atoms with van der Waals surface area (Å²) < 4.78 is 26.2. The number of aromatic nitrogens is 2. The second-order valence-electron chi connectivity index (χ2n) is 4.08. The van der Waals surface area contributed by atoms with Crippen molar-refractivity contribution < 1.29 is 8.42 Å². The van der Waals surface area contributed by atoms with Crippen LogP contribution in [0, 0.1) is 5.92 Å². The summed E-state index contributed by atoms with van der Waals surface area (Å²) in [7, 11) is -3.55. The molecule has 2 N–H and O–H groups in total. The van der Waals surface area contributed by atoms with Crippen molar-refractivity contribution in [3.63, 3.8) is 0 Å². The van der Waals surface area contributed by atoms with Gasteiger partial charge in [0.1, 0.15) is 0 Å². The van der Waals surface area contributed by atoms with Gasteiger partial charge in [-0.25, -0.2) is 23.1 Å². The molecule has 0 spiro atoms. The highest BCUT2D eigenvalue weighted by Crippen LogP contribution is 2.11. The van der Waals surface area contributed by atoms with Gasteiger partial charge in [0.25, 0.3) is 15.2 Å². The van der Waals surface area contributed by atoms with Gasteiger partial charge in [0.05, 0.1) is 0 Å². The van der Waals surface area contributed by atoms with Crippen molar-refractivity contribution in [2.75, 3.05) is 19.6 Å². The van der Waals surface area contributed by atoms with Gasteiger partial charge < -0.3 is 5.32 Å². The topological polar surface area (TPSA) is 84.0 Å². The molecule has 7 heteroatoms. The smallest absolute Gasteiger partial charge is 0.276 e. The minimum absolute atomic E-state index is 0.158. The average Bonchev–Trinajstić information content (AvgIpc) is 2.39. The first-order valence-corrected chi connectivity index (χ1v) is 7.14. The van der Waals surface area contributed by atoms with Gasteiger partial charge in [-0.1, -0.05) is 0 Å². The van der Waals surface area contributed by atoms with Crippen LogP contribution in [0.15, 0.2) is 23.6 Å². The summed E-state index contributed by atoms with van der Waals surface area (Å²) in [4.78, 5) is 7.48. The molecule has 2 rings (SSSR count). The third kappa shape index (κ3) is 3.45. The predicted octanol–water partition coefficient (Wildman–Crippen LogP) is -0.246. The van der Waals surface area contributed by atoms with Gasteiger partial charge in [0.2, 0.25) is 0 Å². The van der Waals surface area contributed by atoms with Crippen molar-refractivity contribution in [1.29, 1.82) is 0 Å². The molecule has 1 aromatic rings. The first kappa shape index (κ1) is 12.4. The second-order valence-corrected chi connectivity index (χ2v) is 5.74. The van der Waals surface area contributed by atoms with E-state index >= 15 is 0 Å². The highest BCUT2D eigenvalue weighted by molar-refractivity contribution is 7.89. The van der Waals surface area contributed by atoms with E-state index in [1.807, 2.05) is 0 Å². The monoisotopic (exact) mass is 256 g/mol. The summed E-state index contributed by atoms with van der Waals surface area (Å²) in [5.41, 5.74) is 0. The Morgan fingerprint density at radius 3 is 2.59 bits per heavy atom. The summed E-state index contributed by atoms with van der Waals surface area (Å²) in [6, 6.07) is 1.59. The van der Waals surface area contributed by atoms with Gasteiger partial charge in [0, 0.05) is 18.9 Å². The van der Waals surface area contributed by atoms with E-state index in [1.165, 1.54) is 12.4 Å². The molecular weight excluding hydrogens is 240 g/mol. The van der Waals surface area contributed by atoms with Gasteiger partial charge in [-0.05, 0) is 37.9 Å². The summed E-state index contributed by atoms with van der Waals surface area (Å²) >= 11 is 0. The summed E-state index contributed by atoms with van der Waals surface area (Å²) in [5.74, 6) is 0.398. The Labute approximate surface area is 101 Å². The van der Waals surface area contributed by atoms with Crippen LogP contribution < -0.4 is 10.0 Å². The molecule has 6 nitrogen and oxygen atoms in total. The van der Waals surface area contributed by atoms with Crippen molar-refractivity contribution in [3.05, 3.63) is 18.5 Å². The number of rotatable bonds is 4. The largest absolute Gasteiger partial charge is 0.317 e. The molecule has 0 aliphatic carbocycles. The van der Waals surface area contributed by atoms with Crippen molar-refractivity contribution in [2.45, 2.75) is 18.0 Å². The fraction of sp³-hybridized carbons (Fsp3) is 0.600. The summed E-state index contributed by atoms with van der Waals surface area (Å²) in [5, 5.41) is 3.08. The minimum Gasteiger partial charge on any atom is -0.317 e. The Kier molecular flexibility index (Phi) is 4.03. The molecule has 0 atom stereocenters. The van der Waals surface area contributed by atoms with E-state index < -0.39 is 10.0 Å². The van der Waals surface area contributed by atoms with Crippen molar-refractivity contribution in [2.24, 2.45) is 5.92 Å². The first-order valence-electron chi connectivity index (χ1n) is 5.66. The molecule has 1 aliphatic rings. The Hall–Kier alpha value is -1.05. The van der Waals surface area contributed by atoms with Crippen molar-refractivity contribution in [1.82, 2.24) is 20.0 Å². The molecular formula is C10H16N4O2S. The molecule has 0 unspecified atom stereocenters.